The highest BCUT2D eigenvalue weighted by Gasteiger charge is 2.11. The molecule has 20 heavy (non-hydrogen) atoms. The van der Waals surface area contributed by atoms with Crippen LogP contribution < -0.4 is 5.32 Å². The van der Waals surface area contributed by atoms with E-state index in [-0.39, 0.29) is 23.9 Å². The number of aromatic carboxylic acids is 1. The number of thiazole rings is 1. The predicted molar refractivity (Wildman–Crippen MR) is 73.1 cm³/mol. The summed E-state index contributed by atoms with van der Waals surface area (Å²) in [6.07, 6.45) is 0. The van der Waals surface area contributed by atoms with Crippen molar-refractivity contribution in [1.82, 2.24) is 10.3 Å². The number of aromatic hydroxyl groups is 1. The van der Waals surface area contributed by atoms with E-state index >= 15 is 0 Å². The lowest BCUT2D eigenvalue weighted by molar-refractivity contribution is 0.0691. The van der Waals surface area contributed by atoms with E-state index in [1.165, 1.54) is 11.4 Å². The maximum absolute atomic E-state index is 11.9. The van der Waals surface area contributed by atoms with Gasteiger partial charge in [0.05, 0.1) is 6.54 Å². The number of phenols is 1. The van der Waals surface area contributed by atoms with Gasteiger partial charge in [0, 0.05) is 10.9 Å². The molecular formula is C13H12N2O4S. The minimum Gasteiger partial charge on any atom is -0.508 e. The van der Waals surface area contributed by atoms with E-state index < -0.39 is 5.97 Å². The molecule has 104 valence electrons. The molecule has 0 aliphatic rings. The zero-order valence-electron chi connectivity index (χ0n) is 10.6. The van der Waals surface area contributed by atoms with Gasteiger partial charge in [0.2, 0.25) is 0 Å². The van der Waals surface area contributed by atoms with E-state index in [1.807, 2.05) is 0 Å². The fourth-order valence-corrected chi connectivity index (χ4v) is 2.21. The van der Waals surface area contributed by atoms with Crippen LogP contribution in [0.3, 0.4) is 0 Å². The first kappa shape index (κ1) is 14.0. The van der Waals surface area contributed by atoms with E-state index in [4.69, 9.17) is 5.11 Å². The van der Waals surface area contributed by atoms with E-state index in [2.05, 4.69) is 10.3 Å². The van der Waals surface area contributed by atoms with E-state index in [1.54, 1.807) is 19.1 Å². The van der Waals surface area contributed by atoms with Crippen LogP contribution in [0.5, 0.6) is 5.75 Å². The number of carbonyl (C=O) groups is 2. The highest BCUT2D eigenvalue weighted by atomic mass is 32.1. The highest BCUT2D eigenvalue weighted by molar-refractivity contribution is 7.09. The first-order valence-corrected chi connectivity index (χ1v) is 6.61. The van der Waals surface area contributed by atoms with Gasteiger partial charge in [-0.3, -0.25) is 4.79 Å². The number of benzene rings is 1. The monoisotopic (exact) mass is 292 g/mol. The molecule has 2 rings (SSSR count). The fourth-order valence-electron chi connectivity index (χ4n) is 1.50. The van der Waals surface area contributed by atoms with Crippen molar-refractivity contribution >= 4 is 23.2 Å². The number of nitrogens with zero attached hydrogens (tertiary/aromatic N) is 1. The van der Waals surface area contributed by atoms with Crippen LogP contribution in [-0.4, -0.2) is 27.1 Å². The second-order valence-electron chi connectivity index (χ2n) is 4.12. The molecule has 0 spiro atoms. The third-order valence-corrected chi connectivity index (χ3v) is 3.49. The number of phenolic OH excluding ortho intramolecular Hbond substituents is 1. The van der Waals surface area contributed by atoms with Gasteiger partial charge in [0.1, 0.15) is 10.8 Å². The van der Waals surface area contributed by atoms with Crippen molar-refractivity contribution in [2.24, 2.45) is 0 Å². The van der Waals surface area contributed by atoms with Crippen LogP contribution in [0.4, 0.5) is 0 Å². The van der Waals surface area contributed by atoms with Gasteiger partial charge >= 0.3 is 5.97 Å². The third-order valence-electron chi connectivity index (χ3n) is 2.64. The maximum atomic E-state index is 11.9. The molecule has 1 aromatic carbocycles. The molecule has 0 bridgehead atoms. The number of aryl methyl sites for hydroxylation is 1. The second kappa shape index (κ2) is 5.70. The van der Waals surface area contributed by atoms with Crippen molar-refractivity contribution in [2.75, 3.05) is 0 Å². The number of hydrogen-bond donors (Lipinski definition) is 3. The second-order valence-corrected chi connectivity index (χ2v) is 5.06. The van der Waals surface area contributed by atoms with Crippen molar-refractivity contribution in [3.63, 3.8) is 0 Å². The first-order valence-electron chi connectivity index (χ1n) is 5.73. The molecular weight excluding hydrogens is 280 g/mol. The van der Waals surface area contributed by atoms with E-state index in [0.29, 0.717) is 16.1 Å². The lowest BCUT2D eigenvalue weighted by Gasteiger charge is -2.05. The van der Waals surface area contributed by atoms with Crippen LogP contribution in [-0.2, 0) is 6.54 Å². The molecule has 0 atom stereocenters. The summed E-state index contributed by atoms with van der Waals surface area (Å²) in [5, 5.41) is 22.8. The molecule has 0 radical (unpaired) electrons. The summed E-state index contributed by atoms with van der Waals surface area (Å²) >= 11 is 1.16. The minimum absolute atomic E-state index is 0.0350. The van der Waals surface area contributed by atoms with Gasteiger partial charge in [-0.25, -0.2) is 9.78 Å². The van der Waals surface area contributed by atoms with Gasteiger partial charge in [-0.05, 0) is 24.6 Å². The van der Waals surface area contributed by atoms with Crippen LogP contribution in [0.1, 0.15) is 31.4 Å². The largest absolute Gasteiger partial charge is 0.508 e. The molecule has 0 saturated heterocycles. The Morgan fingerprint density at radius 2 is 2.15 bits per heavy atom. The zero-order chi connectivity index (χ0) is 14.7. The minimum atomic E-state index is -1.10. The van der Waals surface area contributed by atoms with Crippen molar-refractivity contribution in [3.8, 4) is 5.75 Å². The Morgan fingerprint density at radius 1 is 1.40 bits per heavy atom. The lowest BCUT2D eigenvalue weighted by atomic mass is 10.1. The molecule has 1 heterocycles. The number of rotatable bonds is 4. The summed E-state index contributed by atoms with van der Waals surface area (Å²) in [7, 11) is 0. The smallest absolute Gasteiger partial charge is 0.355 e. The van der Waals surface area contributed by atoms with Crippen LogP contribution in [0.25, 0.3) is 0 Å². The summed E-state index contributed by atoms with van der Waals surface area (Å²) in [5.41, 5.74) is 0.989. The number of carboxylic acid groups (broad SMARTS) is 1. The number of nitrogens with one attached hydrogen (secondary N) is 1. The molecule has 1 amide bonds. The van der Waals surface area contributed by atoms with Crippen molar-refractivity contribution in [3.05, 3.63) is 45.4 Å². The highest BCUT2D eigenvalue weighted by Crippen LogP contribution is 2.17. The van der Waals surface area contributed by atoms with Crippen LogP contribution >= 0.6 is 11.3 Å². The summed E-state index contributed by atoms with van der Waals surface area (Å²) < 4.78 is 0. The van der Waals surface area contributed by atoms with Gasteiger partial charge in [-0.1, -0.05) is 6.07 Å². The van der Waals surface area contributed by atoms with E-state index in [9.17, 15) is 14.7 Å². The Balaban J connectivity index is 2.00. The summed E-state index contributed by atoms with van der Waals surface area (Å²) in [6.45, 7) is 1.88. The number of hydrogen-bond acceptors (Lipinski definition) is 5. The SMILES string of the molecule is Cc1ccc(C(=O)NCc2nc(C(=O)O)cs2)cc1O. The Bertz CT molecular complexity index is 666. The Labute approximate surface area is 118 Å². The topological polar surface area (TPSA) is 99.5 Å². The van der Waals surface area contributed by atoms with Gasteiger partial charge in [0.25, 0.3) is 5.91 Å². The Morgan fingerprint density at radius 3 is 2.75 bits per heavy atom. The van der Waals surface area contributed by atoms with Gasteiger partial charge in [0.15, 0.2) is 5.69 Å². The average Bonchev–Trinajstić information content (AvgIpc) is 2.88. The molecule has 0 fully saturated rings. The van der Waals surface area contributed by atoms with Crippen molar-refractivity contribution in [1.29, 1.82) is 0 Å². The predicted octanol–water partition coefficient (Wildman–Crippen LogP) is 1.79. The number of carbonyl (C=O) groups excluding carboxylic acids is 1. The lowest BCUT2D eigenvalue weighted by Crippen LogP contribution is -2.22. The molecule has 0 aliphatic carbocycles. The summed E-state index contributed by atoms with van der Waals surface area (Å²) in [5.74, 6) is -1.39. The molecule has 0 aliphatic heterocycles. The van der Waals surface area contributed by atoms with Crippen LogP contribution in [0.2, 0.25) is 0 Å². The molecule has 2 aromatic rings. The Kier molecular flexibility index (Phi) is 3.99. The molecule has 0 saturated carbocycles. The molecule has 1 aromatic heterocycles. The average molecular weight is 292 g/mol. The molecule has 6 nitrogen and oxygen atoms in total. The maximum Gasteiger partial charge on any atom is 0.355 e. The van der Waals surface area contributed by atoms with E-state index in [0.717, 1.165) is 11.3 Å². The zero-order valence-corrected chi connectivity index (χ0v) is 11.4. The van der Waals surface area contributed by atoms with Crippen LogP contribution in [0.15, 0.2) is 23.6 Å². The van der Waals surface area contributed by atoms with Crippen molar-refractivity contribution < 1.29 is 19.8 Å². The summed E-state index contributed by atoms with van der Waals surface area (Å²) in [6, 6.07) is 4.64. The van der Waals surface area contributed by atoms with Gasteiger partial charge < -0.3 is 15.5 Å². The van der Waals surface area contributed by atoms with Gasteiger partial charge in [-0.2, -0.15) is 0 Å². The number of aromatic nitrogens is 1. The summed E-state index contributed by atoms with van der Waals surface area (Å²) in [4.78, 5) is 26.4. The number of amides is 1. The number of carboxylic acids is 1. The first-order chi connectivity index (χ1) is 9.47. The Hall–Kier alpha value is -2.41. The quantitative estimate of drug-likeness (QED) is 0.797. The van der Waals surface area contributed by atoms with Gasteiger partial charge in [-0.15, -0.1) is 11.3 Å². The van der Waals surface area contributed by atoms with Crippen molar-refractivity contribution in [2.45, 2.75) is 13.5 Å². The molecule has 3 N–H and O–H groups in total. The third kappa shape index (κ3) is 3.12. The molecule has 0 unspecified atom stereocenters. The van der Waals surface area contributed by atoms with Crippen LogP contribution in [0, 0.1) is 6.92 Å². The normalized spacial score (nSPS) is 10.2. The fraction of sp³-hybridized carbons (Fsp3) is 0.154. The standard InChI is InChI=1S/C13H12N2O4S/c1-7-2-3-8(4-10(7)16)12(17)14-5-11-15-9(6-20-11)13(18)19/h2-4,6,16H,5H2,1H3,(H,14,17)(H,18,19). The molecule has 7 heteroatoms.